The Morgan fingerprint density at radius 2 is 1.96 bits per heavy atom. The molecular formula is C19H32N4. The monoisotopic (exact) mass is 316 g/mol. The third kappa shape index (κ3) is 6.22. The molecule has 1 aromatic rings. The molecule has 0 bridgehead atoms. The number of guanidine groups is 1. The number of piperidine rings is 1. The van der Waals surface area contributed by atoms with E-state index in [2.05, 4.69) is 66.5 Å². The van der Waals surface area contributed by atoms with Gasteiger partial charge in [0.1, 0.15) is 0 Å². The molecule has 0 radical (unpaired) electrons. The third-order valence-electron chi connectivity index (χ3n) is 4.60. The van der Waals surface area contributed by atoms with Crippen LogP contribution in [-0.4, -0.2) is 56.0 Å². The third-order valence-corrected chi connectivity index (χ3v) is 4.60. The topological polar surface area (TPSA) is 30.9 Å². The van der Waals surface area contributed by atoms with Gasteiger partial charge in [-0.2, -0.15) is 0 Å². The van der Waals surface area contributed by atoms with E-state index in [0.717, 1.165) is 31.5 Å². The van der Waals surface area contributed by atoms with E-state index in [4.69, 9.17) is 4.99 Å². The summed E-state index contributed by atoms with van der Waals surface area (Å²) < 4.78 is 0. The Bertz CT molecular complexity index is 464. The van der Waals surface area contributed by atoms with Gasteiger partial charge in [0.2, 0.25) is 0 Å². The first-order valence-corrected chi connectivity index (χ1v) is 8.91. The highest BCUT2D eigenvalue weighted by Crippen LogP contribution is 2.19. The predicted molar refractivity (Wildman–Crippen MR) is 98.7 cm³/mol. The number of hydrogen-bond donors (Lipinski definition) is 1. The summed E-state index contributed by atoms with van der Waals surface area (Å²) in [7, 11) is 4.33. The molecule has 4 heteroatoms. The van der Waals surface area contributed by atoms with Crippen molar-refractivity contribution in [3.8, 4) is 0 Å². The van der Waals surface area contributed by atoms with Crippen LogP contribution in [0.3, 0.4) is 0 Å². The summed E-state index contributed by atoms with van der Waals surface area (Å²) in [6, 6.07) is 10.6. The van der Waals surface area contributed by atoms with E-state index >= 15 is 0 Å². The lowest BCUT2D eigenvalue weighted by atomic mass is 9.94. The standard InChI is InChI=1S/C19H32N4/c1-4-20-19(23(3)16-18-8-6-5-7-9-18)21-13-10-17-11-14-22(2)15-12-17/h5-9,17H,4,10-16H2,1-3H3,(H,20,21). The van der Waals surface area contributed by atoms with Crippen LogP contribution in [0.15, 0.2) is 35.3 Å². The van der Waals surface area contributed by atoms with Crippen LogP contribution in [0.4, 0.5) is 0 Å². The number of benzene rings is 1. The molecule has 0 aromatic heterocycles. The molecule has 2 rings (SSSR count). The average Bonchev–Trinajstić information content (AvgIpc) is 2.56. The molecule has 0 aliphatic carbocycles. The van der Waals surface area contributed by atoms with Crippen molar-refractivity contribution in [1.29, 1.82) is 0 Å². The average molecular weight is 316 g/mol. The molecule has 1 saturated heterocycles. The van der Waals surface area contributed by atoms with Crippen LogP contribution in [0.1, 0.15) is 31.7 Å². The van der Waals surface area contributed by atoms with Crippen LogP contribution in [0, 0.1) is 5.92 Å². The van der Waals surface area contributed by atoms with Crippen molar-refractivity contribution in [1.82, 2.24) is 15.1 Å². The fourth-order valence-corrected chi connectivity index (χ4v) is 3.11. The fourth-order valence-electron chi connectivity index (χ4n) is 3.11. The first-order chi connectivity index (χ1) is 11.2. The zero-order chi connectivity index (χ0) is 16.5. The van der Waals surface area contributed by atoms with E-state index in [1.54, 1.807) is 0 Å². The number of nitrogens with one attached hydrogen (secondary N) is 1. The minimum atomic E-state index is 0.845. The number of rotatable bonds is 6. The molecule has 4 nitrogen and oxygen atoms in total. The summed E-state index contributed by atoms with van der Waals surface area (Å²) >= 11 is 0. The Morgan fingerprint density at radius 1 is 1.26 bits per heavy atom. The lowest BCUT2D eigenvalue weighted by Crippen LogP contribution is -2.38. The Hall–Kier alpha value is -1.55. The highest BCUT2D eigenvalue weighted by atomic mass is 15.3. The molecule has 0 spiro atoms. The summed E-state index contributed by atoms with van der Waals surface area (Å²) in [6.45, 7) is 7.33. The van der Waals surface area contributed by atoms with Gasteiger partial charge in [0, 0.05) is 26.7 Å². The van der Waals surface area contributed by atoms with E-state index in [1.807, 2.05) is 0 Å². The fraction of sp³-hybridized carbons (Fsp3) is 0.632. The molecule has 1 N–H and O–H groups in total. The molecule has 1 heterocycles. The van der Waals surface area contributed by atoms with Gasteiger partial charge in [0.15, 0.2) is 5.96 Å². The Labute approximate surface area is 141 Å². The molecule has 1 fully saturated rings. The molecule has 23 heavy (non-hydrogen) atoms. The van der Waals surface area contributed by atoms with Gasteiger partial charge < -0.3 is 15.1 Å². The molecule has 1 aliphatic heterocycles. The largest absolute Gasteiger partial charge is 0.357 e. The Balaban J connectivity index is 1.83. The minimum absolute atomic E-state index is 0.845. The van der Waals surface area contributed by atoms with Crippen molar-refractivity contribution in [2.45, 2.75) is 32.7 Å². The van der Waals surface area contributed by atoms with Crippen LogP contribution in [-0.2, 0) is 6.54 Å². The van der Waals surface area contributed by atoms with Crippen LogP contribution >= 0.6 is 0 Å². The van der Waals surface area contributed by atoms with Gasteiger partial charge in [-0.15, -0.1) is 0 Å². The number of hydrogen-bond acceptors (Lipinski definition) is 2. The summed E-state index contributed by atoms with van der Waals surface area (Å²) in [5, 5.41) is 3.42. The van der Waals surface area contributed by atoms with Crippen molar-refractivity contribution in [3.63, 3.8) is 0 Å². The molecule has 0 amide bonds. The second-order valence-corrected chi connectivity index (χ2v) is 6.61. The van der Waals surface area contributed by atoms with Crippen molar-refractivity contribution in [3.05, 3.63) is 35.9 Å². The van der Waals surface area contributed by atoms with Crippen molar-refractivity contribution in [2.75, 3.05) is 40.3 Å². The summed E-state index contributed by atoms with van der Waals surface area (Å²) in [4.78, 5) is 9.48. The maximum absolute atomic E-state index is 4.84. The van der Waals surface area contributed by atoms with Crippen LogP contribution < -0.4 is 5.32 Å². The summed E-state index contributed by atoms with van der Waals surface area (Å²) in [5.41, 5.74) is 1.32. The zero-order valence-corrected chi connectivity index (χ0v) is 15.0. The van der Waals surface area contributed by atoms with Crippen molar-refractivity contribution >= 4 is 5.96 Å². The van der Waals surface area contributed by atoms with E-state index in [0.29, 0.717) is 0 Å². The van der Waals surface area contributed by atoms with E-state index in [-0.39, 0.29) is 0 Å². The SMILES string of the molecule is CCNC(=NCCC1CCN(C)CC1)N(C)Cc1ccccc1. The minimum Gasteiger partial charge on any atom is -0.357 e. The van der Waals surface area contributed by atoms with Gasteiger partial charge >= 0.3 is 0 Å². The smallest absolute Gasteiger partial charge is 0.193 e. The van der Waals surface area contributed by atoms with Gasteiger partial charge in [-0.3, -0.25) is 4.99 Å². The second-order valence-electron chi connectivity index (χ2n) is 6.61. The molecule has 0 atom stereocenters. The summed E-state index contributed by atoms with van der Waals surface area (Å²) in [5.74, 6) is 1.86. The van der Waals surface area contributed by atoms with Crippen LogP contribution in [0.2, 0.25) is 0 Å². The lowest BCUT2D eigenvalue weighted by Gasteiger charge is -2.28. The first kappa shape index (κ1) is 17.8. The number of nitrogens with zero attached hydrogens (tertiary/aromatic N) is 3. The van der Waals surface area contributed by atoms with Crippen molar-refractivity contribution in [2.24, 2.45) is 10.9 Å². The van der Waals surface area contributed by atoms with Gasteiger partial charge in [-0.05, 0) is 57.8 Å². The van der Waals surface area contributed by atoms with Crippen molar-refractivity contribution < 1.29 is 0 Å². The summed E-state index contributed by atoms with van der Waals surface area (Å²) in [6.07, 6.45) is 3.85. The van der Waals surface area contributed by atoms with E-state index < -0.39 is 0 Å². The highest BCUT2D eigenvalue weighted by molar-refractivity contribution is 5.79. The maximum atomic E-state index is 4.84. The first-order valence-electron chi connectivity index (χ1n) is 8.91. The normalized spacial score (nSPS) is 17.3. The van der Waals surface area contributed by atoms with Gasteiger partial charge in [-0.25, -0.2) is 0 Å². The van der Waals surface area contributed by atoms with E-state index in [9.17, 15) is 0 Å². The van der Waals surface area contributed by atoms with Gasteiger partial charge in [0.25, 0.3) is 0 Å². The van der Waals surface area contributed by atoms with Gasteiger partial charge in [-0.1, -0.05) is 30.3 Å². The maximum Gasteiger partial charge on any atom is 0.193 e. The molecule has 128 valence electrons. The highest BCUT2D eigenvalue weighted by Gasteiger charge is 2.16. The van der Waals surface area contributed by atoms with E-state index in [1.165, 1.54) is 37.9 Å². The van der Waals surface area contributed by atoms with Crippen LogP contribution in [0.25, 0.3) is 0 Å². The zero-order valence-electron chi connectivity index (χ0n) is 15.0. The molecule has 0 unspecified atom stereocenters. The number of likely N-dealkylation sites (tertiary alicyclic amines) is 1. The van der Waals surface area contributed by atoms with Gasteiger partial charge in [0.05, 0.1) is 0 Å². The lowest BCUT2D eigenvalue weighted by molar-refractivity contribution is 0.214. The predicted octanol–water partition coefficient (Wildman–Crippen LogP) is 2.82. The van der Waals surface area contributed by atoms with Crippen LogP contribution in [0.5, 0.6) is 0 Å². The Kier molecular flexibility index (Phi) is 7.40. The molecule has 0 saturated carbocycles. The molecule has 1 aliphatic rings. The molecule has 1 aromatic carbocycles. The quantitative estimate of drug-likeness (QED) is 0.647. The Morgan fingerprint density at radius 3 is 2.61 bits per heavy atom. The molecular weight excluding hydrogens is 284 g/mol. The number of aliphatic imine (C=N–C) groups is 1. The second kappa shape index (κ2) is 9.56.